The average molecular weight is 244 g/mol. The molecule has 15 heavy (non-hydrogen) atoms. The topological polar surface area (TPSA) is 68.0 Å². The van der Waals surface area contributed by atoms with Crippen LogP contribution in [0.4, 0.5) is 0 Å². The standard InChI is InChI=1S/C8H6ClN3O2S/c1-12-10-6(7(11-12)8(13)14)4-2-3-5(9)15-4/h2-3H,1H3,(H,13,14). The molecule has 7 heteroatoms. The second-order valence-corrected chi connectivity index (χ2v) is 4.51. The van der Waals surface area contributed by atoms with Crippen molar-refractivity contribution in [2.45, 2.75) is 0 Å². The quantitative estimate of drug-likeness (QED) is 0.875. The monoisotopic (exact) mass is 243 g/mol. The number of carboxylic acids is 1. The number of aromatic nitrogens is 3. The van der Waals surface area contributed by atoms with Crippen LogP contribution in [0.3, 0.4) is 0 Å². The highest BCUT2D eigenvalue weighted by molar-refractivity contribution is 7.19. The summed E-state index contributed by atoms with van der Waals surface area (Å²) in [6, 6.07) is 3.42. The van der Waals surface area contributed by atoms with Crippen molar-refractivity contribution in [3.05, 3.63) is 22.2 Å². The van der Waals surface area contributed by atoms with Crippen molar-refractivity contribution in [2.24, 2.45) is 7.05 Å². The van der Waals surface area contributed by atoms with E-state index in [9.17, 15) is 4.79 Å². The summed E-state index contributed by atoms with van der Waals surface area (Å²) in [7, 11) is 1.57. The summed E-state index contributed by atoms with van der Waals surface area (Å²) in [6.45, 7) is 0. The van der Waals surface area contributed by atoms with E-state index in [0.29, 0.717) is 14.9 Å². The Morgan fingerprint density at radius 1 is 1.53 bits per heavy atom. The Labute approximate surface area is 93.9 Å². The van der Waals surface area contributed by atoms with Gasteiger partial charge in [0, 0.05) is 7.05 Å². The zero-order valence-corrected chi connectivity index (χ0v) is 9.21. The van der Waals surface area contributed by atoms with E-state index in [1.165, 1.54) is 16.1 Å². The molecule has 0 amide bonds. The lowest BCUT2D eigenvalue weighted by molar-refractivity contribution is 0.0690. The zero-order chi connectivity index (χ0) is 11.0. The van der Waals surface area contributed by atoms with Crippen LogP contribution in [0.1, 0.15) is 10.5 Å². The van der Waals surface area contributed by atoms with E-state index >= 15 is 0 Å². The first-order chi connectivity index (χ1) is 7.08. The second-order valence-electron chi connectivity index (χ2n) is 2.80. The first kappa shape index (κ1) is 10.1. The third-order valence-corrected chi connectivity index (χ3v) is 2.96. The largest absolute Gasteiger partial charge is 0.476 e. The molecule has 2 aromatic rings. The van der Waals surface area contributed by atoms with Crippen LogP contribution in [0.15, 0.2) is 12.1 Å². The number of carbonyl (C=O) groups is 1. The van der Waals surface area contributed by atoms with Crippen molar-refractivity contribution in [2.75, 3.05) is 0 Å². The van der Waals surface area contributed by atoms with E-state index in [0.717, 1.165) is 0 Å². The van der Waals surface area contributed by atoms with Crippen LogP contribution in [0.25, 0.3) is 10.6 Å². The number of thiophene rings is 1. The Morgan fingerprint density at radius 2 is 2.27 bits per heavy atom. The van der Waals surface area contributed by atoms with E-state index in [1.54, 1.807) is 19.2 Å². The molecule has 0 unspecified atom stereocenters. The predicted molar refractivity (Wildman–Crippen MR) is 56.3 cm³/mol. The minimum atomic E-state index is -1.09. The van der Waals surface area contributed by atoms with Gasteiger partial charge in [0.2, 0.25) is 0 Å². The van der Waals surface area contributed by atoms with Gasteiger partial charge in [0.1, 0.15) is 5.69 Å². The molecule has 0 aliphatic rings. The molecule has 1 N–H and O–H groups in total. The van der Waals surface area contributed by atoms with Crippen molar-refractivity contribution < 1.29 is 9.90 Å². The number of carboxylic acid groups (broad SMARTS) is 1. The zero-order valence-electron chi connectivity index (χ0n) is 7.64. The number of aryl methyl sites for hydroxylation is 1. The highest BCUT2D eigenvalue weighted by Crippen LogP contribution is 2.31. The molecule has 0 aliphatic carbocycles. The summed E-state index contributed by atoms with van der Waals surface area (Å²) in [6.07, 6.45) is 0. The Kier molecular flexibility index (Phi) is 2.45. The lowest BCUT2D eigenvalue weighted by Crippen LogP contribution is -2.00. The molecule has 0 atom stereocenters. The van der Waals surface area contributed by atoms with Crippen molar-refractivity contribution in [3.8, 4) is 10.6 Å². The van der Waals surface area contributed by atoms with Crippen LogP contribution in [0.2, 0.25) is 4.34 Å². The van der Waals surface area contributed by atoms with E-state index < -0.39 is 5.97 Å². The molecule has 0 saturated heterocycles. The molecule has 2 aromatic heterocycles. The predicted octanol–water partition coefficient (Wildman–Crippen LogP) is 1.90. The van der Waals surface area contributed by atoms with Crippen LogP contribution in [-0.4, -0.2) is 26.1 Å². The van der Waals surface area contributed by atoms with Gasteiger partial charge in [-0.25, -0.2) is 4.79 Å². The van der Waals surface area contributed by atoms with E-state index in [2.05, 4.69) is 10.2 Å². The van der Waals surface area contributed by atoms with Gasteiger partial charge in [0.05, 0.1) is 9.21 Å². The molecular formula is C8H6ClN3O2S. The van der Waals surface area contributed by atoms with Gasteiger partial charge in [-0.1, -0.05) is 11.6 Å². The first-order valence-electron chi connectivity index (χ1n) is 3.98. The number of hydrogen-bond donors (Lipinski definition) is 1. The summed E-state index contributed by atoms with van der Waals surface area (Å²) in [4.78, 5) is 12.8. The van der Waals surface area contributed by atoms with Gasteiger partial charge in [-0.2, -0.15) is 9.90 Å². The maximum Gasteiger partial charge on any atom is 0.358 e. The normalized spacial score (nSPS) is 10.5. The van der Waals surface area contributed by atoms with Gasteiger partial charge in [0.25, 0.3) is 0 Å². The van der Waals surface area contributed by atoms with Crippen molar-refractivity contribution >= 4 is 28.9 Å². The second kappa shape index (κ2) is 3.63. The lowest BCUT2D eigenvalue weighted by atomic mass is 10.3. The fourth-order valence-corrected chi connectivity index (χ4v) is 2.19. The van der Waals surface area contributed by atoms with E-state index in [4.69, 9.17) is 16.7 Å². The van der Waals surface area contributed by atoms with Gasteiger partial charge in [0.15, 0.2) is 5.69 Å². The molecule has 0 saturated carbocycles. The molecular weight excluding hydrogens is 238 g/mol. The smallest absolute Gasteiger partial charge is 0.358 e. The summed E-state index contributed by atoms with van der Waals surface area (Å²) >= 11 is 7.04. The Bertz CT molecular complexity index is 520. The van der Waals surface area contributed by atoms with Gasteiger partial charge in [-0.15, -0.1) is 16.4 Å². The number of halogens is 1. The summed E-state index contributed by atoms with van der Waals surface area (Å²) in [5, 5.41) is 16.7. The molecule has 0 fully saturated rings. The van der Waals surface area contributed by atoms with Crippen LogP contribution >= 0.6 is 22.9 Å². The summed E-state index contributed by atoms with van der Waals surface area (Å²) in [5.41, 5.74) is 0.290. The van der Waals surface area contributed by atoms with Crippen molar-refractivity contribution in [1.29, 1.82) is 0 Å². The number of nitrogens with zero attached hydrogens (tertiary/aromatic N) is 3. The van der Waals surface area contributed by atoms with Gasteiger partial charge in [-0.05, 0) is 12.1 Å². The Morgan fingerprint density at radius 3 is 2.80 bits per heavy atom. The highest BCUT2D eigenvalue weighted by atomic mass is 35.5. The molecule has 0 bridgehead atoms. The fourth-order valence-electron chi connectivity index (χ4n) is 1.16. The molecule has 0 aliphatic heterocycles. The first-order valence-corrected chi connectivity index (χ1v) is 5.17. The van der Waals surface area contributed by atoms with E-state index in [-0.39, 0.29) is 5.69 Å². The summed E-state index contributed by atoms with van der Waals surface area (Å²) in [5.74, 6) is -1.09. The lowest BCUT2D eigenvalue weighted by Gasteiger charge is -1.90. The van der Waals surface area contributed by atoms with Crippen molar-refractivity contribution in [3.63, 3.8) is 0 Å². The molecule has 0 spiro atoms. The van der Waals surface area contributed by atoms with Crippen molar-refractivity contribution in [1.82, 2.24) is 15.0 Å². The molecule has 2 rings (SSSR count). The Balaban J connectivity index is 2.56. The molecule has 78 valence electrons. The van der Waals surface area contributed by atoms with Gasteiger partial charge in [-0.3, -0.25) is 0 Å². The molecule has 0 radical (unpaired) electrons. The van der Waals surface area contributed by atoms with E-state index in [1.807, 2.05) is 0 Å². The number of rotatable bonds is 2. The highest BCUT2D eigenvalue weighted by Gasteiger charge is 2.19. The Hall–Kier alpha value is -1.40. The minimum absolute atomic E-state index is 0.0592. The SMILES string of the molecule is Cn1nc(C(=O)O)c(-c2ccc(Cl)s2)n1. The molecule has 2 heterocycles. The number of hydrogen-bond acceptors (Lipinski definition) is 4. The number of aromatic carboxylic acids is 1. The molecule has 0 aromatic carbocycles. The van der Waals surface area contributed by atoms with Crippen LogP contribution < -0.4 is 0 Å². The van der Waals surface area contributed by atoms with Gasteiger partial charge >= 0.3 is 5.97 Å². The van der Waals surface area contributed by atoms with Crippen LogP contribution in [-0.2, 0) is 7.05 Å². The molecule has 5 nitrogen and oxygen atoms in total. The van der Waals surface area contributed by atoms with Gasteiger partial charge < -0.3 is 5.11 Å². The maximum atomic E-state index is 10.9. The third-order valence-electron chi connectivity index (χ3n) is 1.72. The summed E-state index contributed by atoms with van der Waals surface area (Å²) < 4.78 is 0.590. The fraction of sp³-hybridized carbons (Fsp3) is 0.125. The maximum absolute atomic E-state index is 10.9. The van der Waals surface area contributed by atoms with Crippen LogP contribution in [0, 0.1) is 0 Å². The minimum Gasteiger partial charge on any atom is -0.476 e. The average Bonchev–Trinajstić information content (AvgIpc) is 2.71. The third kappa shape index (κ3) is 1.86. The van der Waals surface area contributed by atoms with Crippen LogP contribution in [0.5, 0.6) is 0 Å².